The van der Waals surface area contributed by atoms with Crippen molar-refractivity contribution in [2.24, 2.45) is 0 Å². The summed E-state index contributed by atoms with van der Waals surface area (Å²) in [6, 6.07) is 0. The maximum Gasteiger partial charge on any atom is 0.160 e. The van der Waals surface area contributed by atoms with E-state index in [4.69, 9.17) is 9.47 Å². The lowest BCUT2D eigenvalue weighted by atomic mass is 10.1. The van der Waals surface area contributed by atoms with Crippen LogP contribution in [0.3, 0.4) is 0 Å². The predicted molar refractivity (Wildman–Crippen MR) is 60.3 cm³/mol. The Kier molecular flexibility index (Phi) is 10.5. The Bertz CT molecular complexity index is 128. The molecule has 0 saturated heterocycles. The highest BCUT2D eigenvalue weighted by Crippen LogP contribution is 2.04. The first kappa shape index (κ1) is 13.7. The average molecular weight is 200 g/mol. The van der Waals surface area contributed by atoms with Gasteiger partial charge in [0.1, 0.15) is 0 Å². The molecule has 0 heterocycles. The second-order valence-corrected chi connectivity index (χ2v) is 3.46. The van der Waals surface area contributed by atoms with Crippen LogP contribution in [0.25, 0.3) is 0 Å². The molecular weight excluding hydrogens is 176 g/mol. The molecule has 0 spiro atoms. The minimum atomic E-state index is -0.0816. The Labute approximate surface area is 88.3 Å². The van der Waals surface area contributed by atoms with Crippen LogP contribution in [-0.4, -0.2) is 20.5 Å². The van der Waals surface area contributed by atoms with Crippen LogP contribution in [0.1, 0.15) is 45.4 Å². The number of ether oxygens (including phenoxy) is 2. The van der Waals surface area contributed by atoms with Crippen LogP contribution in [0.2, 0.25) is 0 Å². The number of hydrogen-bond donors (Lipinski definition) is 0. The van der Waals surface area contributed by atoms with Crippen LogP contribution in [0.4, 0.5) is 0 Å². The molecule has 0 radical (unpaired) electrons. The number of methoxy groups -OCH3 is 2. The highest BCUT2D eigenvalue weighted by atomic mass is 16.7. The van der Waals surface area contributed by atoms with Crippen LogP contribution >= 0.6 is 0 Å². The number of allylic oxidation sites excluding steroid dienone is 1. The van der Waals surface area contributed by atoms with E-state index in [-0.39, 0.29) is 6.29 Å². The molecule has 0 aliphatic carbocycles. The summed E-state index contributed by atoms with van der Waals surface area (Å²) < 4.78 is 10.1. The smallest absolute Gasteiger partial charge is 0.160 e. The molecule has 0 rings (SSSR count). The van der Waals surface area contributed by atoms with E-state index < -0.39 is 0 Å². The molecule has 2 nitrogen and oxygen atoms in total. The Balaban J connectivity index is 3.25. The molecule has 0 amide bonds. The minimum Gasteiger partial charge on any atom is -0.356 e. The highest BCUT2D eigenvalue weighted by Gasteiger charge is 1.99. The molecule has 0 bridgehead atoms. The second-order valence-electron chi connectivity index (χ2n) is 3.46. The summed E-state index contributed by atoms with van der Waals surface area (Å²) in [5.74, 6) is 0. The van der Waals surface area contributed by atoms with Gasteiger partial charge in [0.2, 0.25) is 0 Å². The third kappa shape index (κ3) is 8.27. The van der Waals surface area contributed by atoms with Crippen molar-refractivity contribution in [3.8, 4) is 0 Å². The summed E-state index contributed by atoms with van der Waals surface area (Å²) in [5, 5.41) is 0. The van der Waals surface area contributed by atoms with Gasteiger partial charge in [0.25, 0.3) is 0 Å². The van der Waals surface area contributed by atoms with Crippen molar-refractivity contribution in [2.75, 3.05) is 14.2 Å². The molecule has 0 atom stereocenters. The fourth-order valence-electron chi connectivity index (χ4n) is 1.30. The molecule has 0 aliphatic rings. The van der Waals surface area contributed by atoms with E-state index in [2.05, 4.69) is 19.1 Å². The average Bonchev–Trinajstić information content (AvgIpc) is 2.22. The van der Waals surface area contributed by atoms with E-state index in [0.29, 0.717) is 0 Å². The summed E-state index contributed by atoms with van der Waals surface area (Å²) in [6.45, 7) is 2.23. The molecule has 2 heteroatoms. The number of rotatable bonds is 9. The zero-order chi connectivity index (χ0) is 10.6. The molecule has 14 heavy (non-hydrogen) atoms. The third-order valence-electron chi connectivity index (χ3n) is 2.25. The topological polar surface area (TPSA) is 18.5 Å². The second kappa shape index (κ2) is 10.7. The molecule has 0 aromatic rings. The molecule has 0 aliphatic heterocycles. The summed E-state index contributed by atoms with van der Waals surface area (Å²) >= 11 is 0. The summed E-state index contributed by atoms with van der Waals surface area (Å²) in [7, 11) is 3.34. The van der Waals surface area contributed by atoms with Crippen molar-refractivity contribution in [3.63, 3.8) is 0 Å². The maximum absolute atomic E-state index is 5.07. The van der Waals surface area contributed by atoms with Crippen molar-refractivity contribution < 1.29 is 9.47 Å². The monoisotopic (exact) mass is 200 g/mol. The van der Waals surface area contributed by atoms with Gasteiger partial charge < -0.3 is 9.47 Å². The van der Waals surface area contributed by atoms with Crippen molar-refractivity contribution >= 4 is 0 Å². The summed E-state index contributed by atoms with van der Waals surface area (Å²) in [4.78, 5) is 0. The van der Waals surface area contributed by atoms with E-state index in [1.54, 1.807) is 14.2 Å². The van der Waals surface area contributed by atoms with Gasteiger partial charge in [-0.2, -0.15) is 0 Å². The predicted octanol–water partition coefficient (Wildman–Crippen LogP) is 3.52. The van der Waals surface area contributed by atoms with E-state index >= 15 is 0 Å². The Hall–Kier alpha value is -0.340. The molecule has 0 saturated carbocycles. The molecule has 0 aromatic heterocycles. The van der Waals surface area contributed by atoms with Crippen LogP contribution in [0.5, 0.6) is 0 Å². The third-order valence-corrected chi connectivity index (χ3v) is 2.25. The largest absolute Gasteiger partial charge is 0.356 e. The van der Waals surface area contributed by atoms with Crippen molar-refractivity contribution in [1.82, 2.24) is 0 Å². The molecule has 0 aromatic carbocycles. The maximum atomic E-state index is 5.07. The van der Waals surface area contributed by atoms with Gasteiger partial charge in [0.05, 0.1) is 0 Å². The first-order valence-electron chi connectivity index (χ1n) is 5.55. The fraction of sp³-hybridized carbons (Fsp3) is 0.833. The lowest BCUT2D eigenvalue weighted by Gasteiger charge is -2.09. The molecular formula is C12H24O2. The zero-order valence-electron chi connectivity index (χ0n) is 9.79. The molecule has 0 fully saturated rings. The van der Waals surface area contributed by atoms with Gasteiger partial charge in [0, 0.05) is 20.6 Å². The Morgan fingerprint density at radius 1 is 1.00 bits per heavy atom. The van der Waals surface area contributed by atoms with Gasteiger partial charge >= 0.3 is 0 Å². The van der Waals surface area contributed by atoms with Crippen LogP contribution < -0.4 is 0 Å². The van der Waals surface area contributed by atoms with Gasteiger partial charge in [0.15, 0.2) is 6.29 Å². The number of unbranched alkanes of at least 4 members (excludes halogenated alkanes) is 4. The first-order valence-corrected chi connectivity index (χ1v) is 5.55. The van der Waals surface area contributed by atoms with E-state index in [1.807, 2.05) is 0 Å². The van der Waals surface area contributed by atoms with Crippen molar-refractivity contribution in [3.05, 3.63) is 12.2 Å². The van der Waals surface area contributed by atoms with Gasteiger partial charge in [-0.3, -0.25) is 0 Å². The van der Waals surface area contributed by atoms with E-state index in [1.165, 1.54) is 32.1 Å². The van der Waals surface area contributed by atoms with E-state index in [0.717, 1.165) is 6.42 Å². The molecule has 84 valence electrons. The summed E-state index contributed by atoms with van der Waals surface area (Å²) in [6.07, 6.45) is 11.6. The highest BCUT2D eigenvalue weighted by molar-refractivity contribution is 4.82. The lowest BCUT2D eigenvalue weighted by molar-refractivity contribution is -0.0986. The zero-order valence-corrected chi connectivity index (χ0v) is 9.79. The van der Waals surface area contributed by atoms with Gasteiger partial charge in [-0.25, -0.2) is 0 Å². The van der Waals surface area contributed by atoms with Gasteiger partial charge in [-0.15, -0.1) is 0 Å². The molecule has 0 unspecified atom stereocenters. The Morgan fingerprint density at radius 3 is 2.29 bits per heavy atom. The summed E-state index contributed by atoms with van der Waals surface area (Å²) in [5.41, 5.74) is 0. The van der Waals surface area contributed by atoms with Crippen molar-refractivity contribution in [1.29, 1.82) is 0 Å². The number of hydrogen-bond acceptors (Lipinski definition) is 2. The standard InChI is InChI=1S/C12H24O2/c1-4-5-6-7-8-9-10-11-12(13-2)14-3/h9-10,12H,4-8,11H2,1-3H3. The SMILES string of the molecule is CCCCCCC=CCC(OC)OC. The van der Waals surface area contributed by atoms with Crippen LogP contribution in [0.15, 0.2) is 12.2 Å². The minimum absolute atomic E-state index is 0.0816. The molecule has 0 N–H and O–H groups in total. The van der Waals surface area contributed by atoms with Gasteiger partial charge in [-0.1, -0.05) is 38.3 Å². The van der Waals surface area contributed by atoms with Crippen LogP contribution in [-0.2, 0) is 9.47 Å². The normalized spacial score (nSPS) is 11.7. The quantitative estimate of drug-likeness (QED) is 0.322. The van der Waals surface area contributed by atoms with Crippen molar-refractivity contribution in [2.45, 2.75) is 51.7 Å². The fourth-order valence-corrected chi connectivity index (χ4v) is 1.30. The first-order chi connectivity index (χ1) is 6.85. The lowest BCUT2D eigenvalue weighted by Crippen LogP contribution is -2.10. The Morgan fingerprint density at radius 2 is 1.71 bits per heavy atom. The van der Waals surface area contributed by atoms with Crippen LogP contribution in [0, 0.1) is 0 Å². The van der Waals surface area contributed by atoms with Gasteiger partial charge in [-0.05, 0) is 12.8 Å². The van der Waals surface area contributed by atoms with E-state index in [9.17, 15) is 0 Å².